The Bertz CT molecular complexity index is 1140. The fourth-order valence-corrected chi connectivity index (χ4v) is 3.90. The van der Waals surface area contributed by atoms with Gasteiger partial charge < -0.3 is 10.2 Å². The van der Waals surface area contributed by atoms with Gasteiger partial charge in [-0.2, -0.15) is 5.10 Å². The Kier molecular flexibility index (Phi) is 5.05. The number of para-hydroxylation sites is 1. The molecule has 0 spiro atoms. The van der Waals surface area contributed by atoms with Crippen LogP contribution in [0.3, 0.4) is 0 Å². The first kappa shape index (κ1) is 20.1. The molecule has 7 heteroatoms. The number of aromatic nitrogens is 3. The summed E-state index contributed by atoms with van der Waals surface area (Å²) < 4.78 is 1.72. The van der Waals surface area contributed by atoms with Crippen LogP contribution < -0.4 is 5.32 Å². The molecule has 0 aliphatic heterocycles. The molecule has 1 N–H and O–H groups in total. The van der Waals surface area contributed by atoms with E-state index < -0.39 is 0 Å². The van der Waals surface area contributed by atoms with Gasteiger partial charge >= 0.3 is 0 Å². The molecule has 0 atom stereocenters. The number of likely N-dealkylation sites (N-methyl/N-ethyl adjacent to an activating group) is 1. The molecule has 1 saturated carbocycles. The largest absolute Gasteiger partial charge is 0.332 e. The third kappa shape index (κ3) is 3.67. The highest BCUT2D eigenvalue weighted by Gasteiger charge is 2.29. The van der Waals surface area contributed by atoms with Gasteiger partial charge in [0.15, 0.2) is 5.65 Å². The van der Waals surface area contributed by atoms with Crippen LogP contribution in [0.15, 0.2) is 24.3 Å². The third-order valence-electron chi connectivity index (χ3n) is 5.69. The number of fused-ring (bicyclic) bond motifs is 1. The number of hydrogen-bond acceptors (Lipinski definition) is 4. The van der Waals surface area contributed by atoms with Crippen LogP contribution in [0.4, 0.5) is 5.69 Å². The molecule has 0 bridgehead atoms. The zero-order valence-corrected chi connectivity index (χ0v) is 18.1. The third-order valence-corrected chi connectivity index (χ3v) is 5.69. The van der Waals surface area contributed by atoms with Crippen molar-refractivity contribution in [3.8, 4) is 0 Å². The standard InChI is InChI=1S/C23H27N5O2/c1-13-7-6-8-14(2)21(13)25-19(29)12-27(4)23(30)17-11-18(16-9-10-16)24-22-20(17)15(3)26-28(22)5/h6-8,11,16H,9-10,12H2,1-5H3,(H,25,29). The topological polar surface area (TPSA) is 80.1 Å². The number of aryl methyl sites for hydroxylation is 4. The van der Waals surface area contributed by atoms with Crippen LogP contribution >= 0.6 is 0 Å². The fourth-order valence-electron chi connectivity index (χ4n) is 3.90. The van der Waals surface area contributed by atoms with Gasteiger partial charge in [0.2, 0.25) is 5.91 Å². The Hall–Kier alpha value is -3.22. The number of pyridine rings is 1. The first-order valence-electron chi connectivity index (χ1n) is 10.2. The first-order valence-corrected chi connectivity index (χ1v) is 10.2. The monoisotopic (exact) mass is 405 g/mol. The maximum absolute atomic E-state index is 13.3. The summed E-state index contributed by atoms with van der Waals surface area (Å²) in [5, 5.41) is 8.16. The van der Waals surface area contributed by atoms with E-state index in [1.165, 1.54) is 4.90 Å². The van der Waals surface area contributed by atoms with Gasteiger partial charge in [0.1, 0.15) is 0 Å². The smallest absolute Gasteiger partial charge is 0.254 e. The molecule has 1 aliphatic rings. The summed E-state index contributed by atoms with van der Waals surface area (Å²) in [4.78, 5) is 32.2. The molecule has 4 rings (SSSR count). The minimum Gasteiger partial charge on any atom is -0.332 e. The molecule has 3 aromatic rings. The molecule has 1 aliphatic carbocycles. The normalized spacial score (nSPS) is 13.5. The van der Waals surface area contributed by atoms with Crippen molar-refractivity contribution in [2.75, 3.05) is 18.9 Å². The Morgan fingerprint density at radius 2 is 1.87 bits per heavy atom. The van der Waals surface area contributed by atoms with E-state index in [0.29, 0.717) is 17.1 Å². The highest BCUT2D eigenvalue weighted by Crippen LogP contribution is 2.40. The molecule has 2 amide bonds. The van der Waals surface area contributed by atoms with E-state index in [1.54, 1.807) is 11.7 Å². The molecule has 1 fully saturated rings. The number of carbonyl (C=O) groups is 2. The number of nitrogens with zero attached hydrogens (tertiary/aromatic N) is 4. The molecule has 2 aromatic heterocycles. The highest BCUT2D eigenvalue weighted by atomic mass is 16.2. The molecular formula is C23H27N5O2. The number of benzene rings is 1. The molecule has 0 saturated heterocycles. The van der Waals surface area contributed by atoms with Crippen molar-refractivity contribution in [1.29, 1.82) is 0 Å². The van der Waals surface area contributed by atoms with E-state index in [-0.39, 0.29) is 18.4 Å². The highest BCUT2D eigenvalue weighted by molar-refractivity contribution is 6.08. The van der Waals surface area contributed by atoms with Crippen molar-refractivity contribution < 1.29 is 9.59 Å². The summed E-state index contributed by atoms with van der Waals surface area (Å²) in [5.41, 5.74) is 5.76. The van der Waals surface area contributed by atoms with Crippen LogP contribution in [0.5, 0.6) is 0 Å². The number of nitrogens with one attached hydrogen (secondary N) is 1. The van der Waals surface area contributed by atoms with Crippen LogP contribution in [0.2, 0.25) is 0 Å². The summed E-state index contributed by atoms with van der Waals surface area (Å²) in [6.07, 6.45) is 2.19. The van der Waals surface area contributed by atoms with Gasteiger partial charge in [-0.15, -0.1) is 0 Å². The molecule has 7 nitrogen and oxygen atoms in total. The van der Waals surface area contributed by atoms with E-state index in [0.717, 1.165) is 46.4 Å². The summed E-state index contributed by atoms with van der Waals surface area (Å²) >= 11 is 0. The van der Waals surface area contributed by atoms with Crippen LogP contribution in [-0.4, -0.2) is 45.1 Å². The maximum atomic E-state index is 13.3. The van der Waals surface area contributed by atoms with Crippen LogP contribution in [0.25, 0.3) is 11.0 Å². The number of carbonyl (C=O) groups excluding carboxylic acids is 2. The van der Waals surface area contributed by atoms with E-state index in [1.807, 2.05) is 52.1 Å². The average molecular weight is 406 g/mol. The van der Waals surface area contributed by atoms with Crippen molar-refractivity contribution in [2.24, 2.45) is 7.05 Å². The van der Waals surface area contributed by atoms with E-state index in [4.69, 9.17) is 4.98 Å². The van der Waals surface area contributed by atoms with Gasteiger partial charge in [0, 0.05) is 31.4 Å². The lowest BCUT2D eigenvalue weighted by Crippen LogP contribution is -2.35. The quantitative estimate of drug-likeness (QED) is 0.705. The second kappa shape index (κ2) is 7.55. The number of hydrogen-bond donors (Lipinski definition) is 1. The number of rotatable bonds is 5. The van der Waals surface area contributed by atoms with Gasteiger partial charge in [0.25, 0.3) is 5.91 Å². The Labute approximate surface area is 176 Å². The van der Waals surface area contributed by atoms with Crippen LogP contribution in [0.1, 0.15) is 51.6 Å². The van der Waals surface area contributed by atoms with Crippen molar-refractivity contribution in [2.45, 2.75) is 39.5 Å². The number of anilines is 1. The lowest BCUT2D eigenvalue weighted by Gasteiger charge is -2.19. The minimum absolute atomic E-state index is 0.0332. The molecule has 1 aromatic carbocycles. The van der Waals surface area contributed by atoms with Crippen LogP contribution in [0, 0.1) is 20.8 Å². The van der Waals surface area contributed by atoms with E-state index in [9.17, 15) is 9.59 Å². The molecular weight excluding hydrogens is 378 g/mol. The van der Waals surface area contributed by atoms with Gasteiger partial charge in [-0.1, -0.05) is 18.2 Å². The van der Waals surface area contributed by atoms with Gasteiger partial charge in [-0.3, -0.25) is 14.3 Å². The zero-order chi connectivity index (χ0) is 21.6. The van der Waals surface area contributed by atoms with Crippen LogP contribution in [-0.2, 0) is 11.8 Å². The molecule has 2 heterocycles. The van der Waals surface area contributed by atoms with Gasteiger partial charge in [0.05, 0.1) is 23.2 Å². The Morgan fingerprint density at radius 1 is 1.20 bits per heavy atom. The van der Waals surface area contributed by atoms with Crippen molar-refractivity contribution >= 4 is 28.5 Å². The fraction of sp³-hybridized carbons (Fsp3) is 0.391. The second-order valence-corrected chi connectivity index (χ2v) is 8.25. The van der Waals surface area contributed by atoms with Crippen molar-refractivity contribution in [3.05, 3.63) is 52.3 Å². The van der Waals surface area contributed by atoms with Gasteiger partial charge in [-0.25, -0.2) is 4.98 Å². The van der Waals surface area contributed by atoms with E-state index >= 15 is 0 Å². The molecule has 0 unspecified atom stereocenters. The second-order valence-electron chi connectivity index (χ2n) is 8.25. The first-order chi connectivity index (χ1) is 14.3. The van der Waals surface area contributed by atoms with Crippen molar-refractivity contribution in [1.82, 2.24) is 19.7 Å². The molecule has 156 valence electrons. The van der Waals surface area contributed by atoms with Gasteiger partial charge in [-0.05, 0) is 50.8 Å². The summed E-state index contributed by atoms with van der Waals surface area (Å²) in [6, 6.07) is 7.75. The zero-order valence-electron chi connectivity index (χ0n) is 18.1. The Morgan fingerprint density at radius 3 is 2.50 bits per heavy atom. The van der Waals surface area contributed by atoms with E-state index in [2.05, 4.69) is 10.4 Å². The summed E-state index contributed by atoms with van der Waals surface area (Å²) in [7, 11) is 3.50. The maximum Gasteiger partial charge on any atom is 0.254 e. The molecule has 0 radical (unpaired) electrons. The number of amides is 2. The lowest BCUT2D eigenvalue weighted by molar-refractivity contribution is -0.116. The van der Waals surface area contributed by atoms with Crippen molar-refractivity contribution in [3.63, 3.8) is 0 Å². The predicted molar refractivity (Wildman–Crippen MR) is 117 cm³/mol. The average Bonchev–Trinajstić information content (AvgIpc) is 3.50. The minimum atomic E-state index is -0.223. The Balaban J connectivity index is 1.59. The summed E-state index contributed by atoms with van der Waals surface area (Å²) in [6.45, 7) is 5.76. The molecule has 30 heavy (non-hydrogen) atoms. The SMILES string of the molecule is Cc1cccc(C)c1NC(=O)CN(C)C(=O)c1cc(C2CC2)nc2c1c(C)nn2C. The summed E-state index contributed by atoms with van der Waals surface area (Å²) in [5.74, 6) is -0.00952. The predicted octanol–water partition coefficient (Wildman–Crippen LogP) is 3.48. The lowest BCUT2D eigenvalue weighted by atomic mass is 10.1.